The van der Waals surface area contributed by atoms with Crippen LogP contribution in [0.15, 0.2) is 108 Å². The number of nitrogens with zero attached hydrogens (tertiary/aromatic N) is 2. The number of benzene rings is 4. The molecule has 0 bridgehead atoms. The van der Waals surface area contributed by atoms with Crippen molar-refractivity contribution >= 4 is 39.1 Å². The lowest BCUT2D eigenvalue weighted by molar-refractivity contribution is -0.140. The maximum absolute atomic E-state index is 14.5. The van der Waals surface area contributed by atoms with Crippen LogP contribution in [0.2, 0.25) is 5.02 Å². The molecule has 1 N–H and O–H groups in total. The average molecular weight is 632 g/mol. The van der Waals surface area contributed by atoms with Crippen LogP contribution in [0.5, 0.6) is 0 Å². The SMILES string of the molecule is Cc1ccc(N(CC(=O)N(Cc2cccc(Cl)c2)[C@@H](Cc2ccccc2)C(=O)NC(C)C)S(=O)(=O)c2ccccc2)cc1C. The number of sulfonamides is 1. The molecule has 2 amide bonds. The Hall–Kier alpha value is -4.14. The van der Waals surface area contributed by atoms with Crippen LogP contribution >= 0.6 is 11.6 Å². The summed E-state index contributed by atoms with van der Waals surface area (Å²) in [5.74, 6) is -0.856. The molecule has 7 nitrogen and oxygen atoms in total. The van der Waals surface area contributed by atoms with Gasteiger partial charge in [0.2, 0.25) is 11.8 Å². The smallest absolute Gasteiger partial charge is 0.264 e. The number of nitrogens with one attached hydrogen (secondary N) is 1. The number of hydrogen-bond acceptors (Lipinski definition) is 4. The Balaban J connectivity index is 1.82. The maximum atomic E-state index is 14.5. The monoisotopic (exact) mass is 631 g/mol. The fourth-order valence-electron chi connectivity index (χ4n) is 4.90. The Kier molecular flexibility index (Phi) is 10.8. The van der Waals surface area contributed by atoms with Gasteiger partial charge in [-0.1, -0.05) is 78.3 Å². The van der Waals surface area contributed by atoms with Gasteiger partial charge in [-0.05, 0) is 86.3 Å². The van der Waals surface area contributed by atoms with Crippen molar-refractivity contribution in [3.8, 4) is 0 Å². The molecule has 44 heavy (non-hydrogen) atoms. The quantitative estimate of drug-likeness (QED) is 0.198. The summed E-state index contributed by atoms with van der Waals surface area (Å²) in [6, 6.07) is 28.8. The van der Waals surface area contributed by atoms with Gasteiger partial charge in [-0.25, -0.2) is 8.42 Å². The van der Waals surface area contributed by atoms with Gasteiger partial charge in [0.15, 0.2) is 0 Å². The molecule has 0 aliphatic heterocycles. The number of carbonyl (C=O) groups is 2. The summed E-state index contributed by atoms with van der Waals surface area (Å²) in [4.78, 5) is 29.8. The van der Waals surface area contributed by atoms with E-state index in [0.29, 0.717) is 16.3 Å². The van der Waals surface area contributed by atoms with E-state index in [0.717, 1.165) is 21.0 Å². The molecule has 0 saturated carbocycles. The van der Waals surface area contributed by atoms with E-state index in [1.54, 1.807) is 48.5 Å². The molecule has 0 unspecified atom stereocenters. The number of anilines is 1. The number of halogens is 1. The van der Waals surface area contributed by atoms with Crippen molar-refractivity contribution in [2.24, 2.45) is 0 Å². The third kappa shape index (κ3) is 8.27. The topological polar surface area (TPSA) is 86.8 Å². The van der Waals surface area contributed by atoms with Crippen molar-refractivity contribution in [2.75, 3.05) is 10.8 Å². The van der Waals surface area contributed by atoms with Gasteiger partial charge in [-0.2, -0.15) is 0 Å². The maximum Gasteiger partial charge on any atom is 0.264 e. The molecule has 1 atom stereocenters. The Morgan fingerprint density at radius 2 is 1.43 bits per heavy atom. The number of amides is 2. The van der Waals surface area contributed by atoms with Gasteiger partial charge < -0.3 is 10.2 Å². The summed E-state index contributed by atoms with van der Waals surface area (Å²) in [7, 11) is -4.15. The molecule has 230 valence electrons. The summed E-state index contributed by atoms with van der Waals surface area (Å²) in [6.07, 6.45) is 0.237. The molecular weight excluding hydrogens is 594 g/mol. The summed E-state index contributed by atoms with van der Waals surface area (Å²) in [6.45, 7) is 7.08. The van der Waals surface area contributed by atoms with Crippen molar-refractivity contribution in [2.45, 2.75) is 57.6 Å². The van der Waals surface area contributed by atoms with Gasteiger partial charge in [0.05, 0.1) is 10.6 Å². The van der Waals surface area contributed by atoms with Crippen LogP contribution in [-0.4, -0.2) is 43.8 Å². The molecule has 0 heterocycles. The van der Waals surface area contributed by atoms with E-state index in [1.807, 2.05) is 70.2 Å². The van der Waals surface area contributed by atoms with Crippen molar-refractivity contribution in [1.29, 1.82) is 0 Å². The molecule has 0 aliphatic rings. The van der Waals surface area contributed by atoms with E-state index >= 15 is 0 Å². The first-order valence-corrected chi connectivity index (χ1v) is 16.3. The number of carbonyl (C=O) groups excluding carboxylic acids is 2. The lowest BCUT2D eigenvalue weighted by Crippen LogP contribution is -2.54. The Morgan fingerprint density at radius 1 is 0.795 bits per heavy atom. The van der Waals surface area contributed by atoms with E-state index < -0.39 is 28.5 Å². The molecule has 0 aromatic heterocycles. The van der Waals surface area contributed by atoms with Crippen LogP contribution in [0.1, 0.15) is 36.1 Å². The molecule has 4 aromatic carbocycles. The van der Waals surface area contributed by atoms with E-state index in [9.17, 15) is 18.0 Å². The second-order valence-electron chi connectivity index (χ2n) is 11.1. The van der Waals surface area contributed by atoms with Crippen LogP contribution in [0.25, 0.3) is 0 Å². The zero-order valence-electron chi connectivity index (χ0n) is 25.4. The minimum absolute atomic E-state index is 0.0502. The molecule has 0 spiro atoms. The van der Waals surface area contributed by atoms with Crippen LogP contribution in [0.3, 0.4) is 0 Å². The molecule has 0 fully saturated rings. The zero-order chi connectivity index (χ0) is 31.9. The molecule has 4 rings (SSSR count). The number of aryl methyl sites for hydroxylation is 2. The van der Waals surface area contributed by atoms with Crippen molar-refractivity contribution in [1.82, 2.24) is 10.2 Å². The second-order valence-corrected chi connectivity index (χ2v) is 13.4. The largest absolute Gasteiger partial charge is 0.352 e. The van der Waals surface area contributed by atoms with Gasteiger partial charge in [-0.3, -0.25) is 13.9 Å². The molecule has 4 aromatic rings. The fourth-order valence-corrected chi connectivity index (χ4v) is 6.54. The highest BCUT2D eigenvalue weighted by Gasteiger charge is 2.35. The summed E-state index contributed by atoms with van der Waals surface area (Å²) in [5, 5.41) is 3.45. The van der Waals surface area contributed by atoms with Crippen LogP contribution in [-0.2, 0) is 32.6 Å². The van der Waals surface area contributed by atoms with Crippen LogP contribution in [0.4, 0.5) is 5.69 Å². The standard InChI is InChI=1S/C35H38ClN3O4S/c1-25(2)37-35(41)33(22-28-12-7-5-8-13-28)38(23-29-14-11-15-30(36)21-29)34(40)24-39(31-19-18-26(3)27(4)20-31)44(42,43)32-16-9-6-10-17-32/h5-21,25,33H,22-24H2,1-4H3,(H,37,41)/t33-/m0/s1. The molecule has 0 saturated heterocycles. The average Bonchev–Trinajstić information content (AvgIpc) is 2.99. The van der Waals surface area contributed by atoms with E-state index in [2.05, 4.69) is 5.32 Å². The summed E-state index contributed by atoms with van der Waals surface area (Å²) in [5.41, 5.74) is 3.82. The van der Waals surface area contributed by atoms with Gasteiger partial charge in [0.25, 0.3) is 10.0 Å². The highest BCUT2D eigenvalue weighted by Crippen LogP contribution is 2.27. The van der Waals surface area contributed by atoms with E-state index in [-0.39, 0.29) is 29.8 Å². The fraction of sp³-hybridized carbons (Fsp3) is 0.257. The highest BCUT2D eigenvalue weighted by atomic mass is 35.5. The van der Waals surface area contributed by atoms with E-state index in [1.165, 1.54) is 17.0 Å². The predicted molar refractivity (Wildman–Crippen MR) is 176 cm³/mol. The highest BCUT2D eigenvalue weighted by molar-refractivity contribution is 7.92. The van der Waals surface area contributed by atoms with Crippen molar-refractivity contribution < 1.29 is 18.0 Å². The first kappa shape index (κ1) is 32.8. The minimum Gasteiger partial charge on any atom is -0.352 e. The molecular formula is C35H38ClN3O4S. The zero-order valence-corrected chi connectivity index (χ0v) is 27.0. The molecule has 0 radical (unpaired) electrons. The van der Waals surface area contributed by atoms with Crippen LogP contribution in [0, 0.1) is 13.8 Å². The summed E-state index contributed by atoms with van der Waals surface area (Å²) < 4.78 is 29.3. The first-order valence-electron chi connectivity index (χ1n) is 14.5. The van der Waals surface area contributed by atoms with Gasteiger partial charge >= 0.3 is 0 Å². The third-order valence-corrected chi connectivity index (χ3v) is 9.36. The first-order chi connectivity index (χ1) is 21.0. The van der Waals surface area contributed by atoms with Crippen molar-refractivity contribution in [3.05, 3.63) is 130 Å². The van der Waals surface area contributed by atoms with Gasteiger partial charge in [0, 0.05) is 24.0 Å². The molecule has 0 aliphatic carbocycles. The normalized spacial score (nSPS) is 12.0. The predicted octanol–water partition coefficient (Wildman–Crippen LogP) is 6.32. The van der Waals surface area contributed by atoms with Crippen molar-refractivity contribution in [3.63, 3.8) is 0 Å². The Bertz CT molecular complexity index is 1700. The molecule has 9 heteroatoms. The Labute approximate surface area is 265 Å². The van der Waals surface area contributed by atoms with Gasteiger partial charge in [0.1, 0.15) is 12.6 Å². The minimum atomic E-state index is -4.15. The summed E-state index contributed by atoms with van der Waals surface area (Å²) >= 11 is 6.30. The van der Waals surface area contributed by atoms with E-state index in [4.69, 9.17) is 11.6 Å². The second kappa shape index (κ2) is 14.6. The van der Waals surface area contributed by atoms with Crippen LogP contribution < -0.4 is 9.62 Å². The number of hydrogen-bond donors (Lipinski definition) is 1. The third-order valence-electron chi connectivity index (χ3n) is 7.33. The van der Waals surface area contributed by atoms with Gasteiger partial charge in [-0.15, -0.1) is 0 Å². The Morgan fingerprint density at radius 3 is 2.05 bits per heavy atom. The lowest BCUT2D eigenvalue weighted by Gasteiger charge is -2.34. The number of rotatable bonds is 12. The lowest BCUT2D eigenvalue weighted by atomic mass is 10.0.